The van der Waals surface area contributed by atoms with E-state index in [-0.39, 0.29) is 18.0 Å². The molecule has 5 heteroatoms. The van der Waals surface area contributed by atoms with E-state index in [0.717, 1.165) is 11.3 Å². The standard InChI is InChI=1S/C19H25N3O2/c1-12-6-7-16(8-13(12)2)18-9-17(20-21(18)5)19(23)22-14(3)10-24-11-15(22)4/h6-9,14-15H,10-11H2,1-5H3. The second-order valence-electron chi connectivity index (χ2n) is 6.79. The molecule has 5 nitrogen and oxygen atoms in total. The number of hydrogen-bond acceptors (Lipinski definition) is 3. The van der Waals surface area contributed by atoms with Gasteiger partial charge in [-0.2, -0.15) is 5.10 Å². The maximum atomic E-state index is 12.9. The molecular formula is C19H25N3O2. The molecule has 0 radical (unpaired) electrons. The Labute approximate surface area is 143 Å². The molecule has 128 valence electrons. The zero-order valence-corrected chi connectivity index (χ0v) is 15.0. The summed E-state index contributed by atoms with van der Waals surface area (Å²) >= 11 is 0. The summed E-state index contributed by atoms with van der Waals surface area (Å²) < 4.78 is 7.30. The predicted molar refractivity (Wildman–Crippen MR) is 94.0 cm³/mol. The highest BCUT2D eigenvalue weighted by atomic mass is 16.5. The highest BCUT2D eigenvalue weighted by molar-refractivity contribution is 5.94. The van der Waals surface area contributed by atoms with Gasteiger partial charge in [0.25, 0.3) is 5.91 Å². The Hall–Kier alpha value is -2.14. The Balaban J connectivity index is 1.93. The fourth-order valence-corrected chi connectivity index (χ4v) is 3.28. The van der Waals surface area contributed by atoms with Crippen molar-refractivity contribution in [2.75, 3.05) is 13.2 Å². The third-order valence-electron chi connectivity index (χ3n) is 4.80. The molecule has 2 unspecified atom stereocenters. The van der Waals surface area contributed by atoms with Crippen molar-refractivity contribution in [3.8, 4) is 11.3 Å². The molecule has 1 aliphatic heterocycles. The van der Waals surface area contributed by atoms with E-state index in [1.165, 1.54) is 11.1 Å². The molecule has 1 amide bonds. The van der Waals surface area contributed by atoms with Crippen LogP contribution in [0.2, 0.25) is 0 Å². The SMILES string of the molecule is Cc1ccc(-c2cc(C(=O)N3C(C)COCC3C)nn2C)cc1C. The van der Waals surface area contributed by atoms with Gasteiger partial charge < -0.3 is 9.64 Å². The zero-order valence-electron chi connectivity index (χ0n) is 15.0. The van der Waals surface area contributed by atoms with Crippen molar-refractivity contribution in [3.63, 3.8) is 0 Å². The quantitative estimate of drug-likeness (QED) is 0.852. The number of nitrogens with zero attached hydrogens (tertiary/aromatic N) is 3. The third-order valence-corrected chi connectivity index (χ3v) is 4.80. The van der Waals surface area contributed by atoms with E-state index in [4.69, 9.17) is 4.74 Å². The Morgan fingerprint density at radius 3 is 2.42 bits per heavy atom. The number of amides is 1. The van der Waals surface area contributed by atoms with Gasteiger partial charge in [-0.25, -0.2) is 0 Å². The third kappa shape index (κ3) is 2.96. The lowest BCUT2D eigenvalue weighted by atomic mass is 10.0. The molecule has 0 bridgehead atoms. The van der Waals surface area contributed by atoms with Crippen LogP contribution in [0.3, 0.4) is 0 Å². The number of benzene rings is 1. The topological polar surface area (TPSA) is 47.4 Å². The highest BCUT2D eigenvalue weighted by Gasteiger charge is 2.31. The first-order valence-corrected chi connectivity index (χ1v) is 8.40. The van der Waals surface area contributed by atoms with Gasteiger partial charge in [-0.3, -0.25) is 9.48 Å². The molecule has 3 rings (SSSR count). The molecule has 24 heavy (non-hydrogen) atoms. The van der Waals surface area contributed by atoms with Crippen LogP contribution in [0.5, 0.6) is 0 Å². The van der Waals surface area contributed by atoms with Gasteiger partial charge in [0, 0.05) is 12.6 Å². The summed E-state index contributed by atoms with van der Waals surface area (Å²) in [5, 5.41) is 4.47. The average Bonchev–Trinajstić information content (AvgIpc) is 2.92. The summed E-state index contributed by atoms with van der Waals surface area (Å²) in [6.45, 7) is 9.37. The molecule has 1 fully saturated rings. The van der Waals surface area contributed by atoms with E-state index >= 15 is 0 Å². The first kappa shape index (κ1) is 16.7. The number of aromatic nitrogens is 2. The van der Waals surface area contributed by atoms with Gasteiger partial charge in [0.05, 0.1) is 31.0 Å². The Bertz CT molecular complexity index is 756. The van der Waals surface area contributed by atoms with E-state index in [1.807, 2.05) is 31.9 Å². The van der Waals surface area contributed by atoms with E-state index in [2.05, 4.69) is 37.1 Å². The molecule has 2 heterocycles. The van der Waals surface area contributed by atoms with E-state index in [1.54, 1.807) is 4.68 Å². The Kier molecular flexibility index (Phi) is 4.45. The molecule has 0 saturated carbocycles. The van der Waals surface area contributed by atoms with Crippen LogP contribution >= 0.6 is 0 Å². The molecule has 1 aromatic carbocycles. The fourth-order valence-electron chi connectivity index (χ4n) is 3.28. The minimum Gasteiger partial charge on any atom is -0.377 e. The molecule has 0 aliphatic carbocycles. The summed E-state index contributed by atoms with van der Waals surface area (Å²) in [4.78, 5) is 14.8. The van der Waals surface area contributed by atoms with Crippen molar-refractivity contribution < 1.29 is 9.53 Å². The van der Waals surface area contributed by atoms with Crippen molar-refractivity contribution in [1.82, 2.24) is 14.7 Å². The normalized spacial score (nSPS) is 21.1. The first-order valence-electron chi connectivity index (χ1n) is 8.40. The van der Waals surface area contributed by atoms with Gasteiger partial charge in [-0.05, 0) is 51.0 Å². The number of hydrogen-bond donors (Lipinski definition) is 0. The molecule has 1 saturated heterocycles. The average molecular weight is 327 g/mol. The summed E-state index contributed by atoms with van der Waals surface area (Å²) in [5.41, 5.74) is 5.02. The van der Waals surface area contributed by atoms with Gasteiger partial charge >= 0.3 is 0 Å². The number of carbonyl (C=O) groups is 1. The second kappa shape index (κ2) is 6.40. The molecule has 0 N–H and O–H groups in total. The highest BCUT2D eigenvalue weighted by Crippen LogP contribution is 2.24. The summed E-state index contributed by atoms with van der Waals surface area (Å²) in [5.74, 6) is -0.0241. The van der Waals surface area contributed by atoms with Crippen LogP contribution in [-0.2, 0) is 11.8 Å². The fraction of sp³-hybridized carbons (Fsp3) is 0.474. The monoisotopic (exact) mass is 327 g/mol. The lowest BCUT2D eigenvalue weighted by molar-refractivity contribution is -0.0252. The van der Waals surface area contributed by atoms with Gasteiger partial charge in [0.2, 0.25) is 0 Å². The molecule has 1 aromatic heterocycles. The molecule has 0 spiro atoms. The molecule has 1 aliphatic rings. The molecular weight excluding hydrogens is 302 g/mol. The summed E-state index contributed by atoms with van der Waals surface area (Å²) in [7, 11) is 1.88. The molecule has 2 aromatic rings. The van der Waals surface area contributed by atoms with Crippen LogP contribution in [0.1, 0.15) is 35.5 Å². The maximum Gasteiger partial charge on any atom is 0.275 e. The van der Waals surface area contributed by atoms with Crippen LogP contribution in [0.4, 0.5) is 0 Å². The largest absolute Gasteiger partial charge is 0.377 e. The van der Waals surface area contributed by atoms with Gasteiger partial charge in [0.15, 0.2) is 5.69 Å². The summed E-state index contributed by atoms with van der Waals surface area (Å²) in [6, 6.07) is 8.34. The van der Waals surface area contributed by atoms with E-state index in [0.29, 0.717) is 18.9 Å². The Morgan fingerprint density at radius 2 is 1.79 bits per heavy atom. The van der Waals surface area contributed by atoms with Crippen LogP contribution in [-0.4, -0.2) is 45.9 Å². The lowest BCUT2D eigenvalue weighted by Crippen LogP contribution is -2.52. The molecule has 2 atom stereocenters. The van der Waals surface area contributed by atoms with Gasteiger partial charge in [-0.15, -0.1) is 0 Å². The van der Waals surface area contributed by atoms with Crippen LogP contribution in [0.25, 0.3) is 11.3 Å². The first-order chi connectivity index (χ1) is 11.4. The van der Waals surface area contributed by atoms with Gasteiger partial charge in [0.1, 0.15) is 0 Å². The van der Waals surface area contributed by atoms with E-state index < -0.39 is 0 Å². The predicted octanol–water partition coefficient (Wildman–Crippen LogP) is 2.95. The van der Waals surface area contributed by atoms with Crippen LogP contribution in [0, 0.1) is 13.8 Å². The van der Waals surface area contributed by atoms with Gasteiger partial charge in [-0.1, -0.05) is 12.1 Å². The van der Waals surface area contributed by atoms with E-state index in [9.17, 15) is 4.79 Å². The Morgan fingerprint density at radius 1 is 1.12 bits per heavy atom. The minimum absolute atomic E-state index is 0.0241. The zero-order chi connectivity index (χ0) is 17.4. The number of carbonyl (C=O) groups excluding carboxylic acids is 1. The maximum absolute atomic E-state index is 12.9. The summed E-state index contributed by atoms with van der Waals surface area (Å²) in [6.07, 6.45) is 0. The smallest absolute Gasteiger partial charge is 0.275 e. The van der Waals surface area contributed by atoms with Crippen molar-refractivity contribution in [3.05, 3.63) is 41.1 Å². The van der Waals surface area contributed by atoms with Crippen molar-refractivity contribution in [2.45, 2.75) is 39.8 Å². The van der Waals surface area contributed by atoms with Crippen molar-refractivity contribution in [2.24, 2.45) is 7.05 Å². The number of morpholine rings is 1. The number of ether oxygens (including phenoxy) is 1. The van der Waals surface area contributed by atoms with Crippen LogP contribution in [0.15, 0.2) is 24.3 Å². The van der Waals surface area contributed by atoms with Crippen molar-refractivity contribution >= 4 is 5.91 Å². The lowest BCUT2D eigenvalue weighted by Gasteiger charge is -2.38. The minimum atomic E-state index is -0.0241. The second-order valence-corrected chi connectivity index (χ2v) is 6.79. The van der Waals surface area contributed by atoms with Crippen molar-refractivity contribution in [1.29, 1.82) is 0 Å². The number of aryl methyl sites for hydroxylation is 3. The van der Waals surface area contributed by atoms with Crippen LogP contribution < -0.4 is 0 Å². The number of rotatable bonds is 2.